The Morgan fingerprint density at radius 3 is 2.20 bits per heavy atom. The minimum Gasteiger partial charge on any atom is -0.497 e. The minimum absolute atomic E-state index is 0.176. The standard InChI is InChI=1S/C24H34N4O6S/c1-26(35(31,32)23-9-7-22(8-10-23)34-16-11-25)20(17-19-3-5-21(33-2)6-4-19)18-27-12-14-28(15-13-27)24(29)30/h3-10,20H,11-18,25H2,1-2H3,(H,29,30)/t20-/m0/s1. The third-order valence-corrected chi connectivity index (χ3v) is 8.07. The lowest BCUT2D eigenvalue weighted by Crippen LogP contribution is -2.53. The van der Waals surface area contributed by atoms with E-state index in [1.54, 1.807) is 26.3 Å². The molecule has 1 aliphatic heterocycles. The third kappa shape index (κ3) is 7.07. The quantitative estimate of drug-likeness (QED) is 0.470. The molecule has 11 heteroatoms. The van der Waals surface area contributed by atoms with Gasteiger partial charge in [-0.25, -0.2) is 13.2 Å². The van der Waals surface area contributed by atoms with Crippen LogP contribution in [0.25, 0.3) is 0 Å². The smallest absolute Gasteiger partial charge is 0.407 e. The van der Waals surface area contributed by atoms with Crippen LogP contribution in [0.1, 0.15) is 5.56 Å². The summed E-state index contributed by atoms with van der Waals surface area (Å²) in [6.45, 7) is 3.09. The number of likely N-dealkylation sites (N-methyl/N-ethyl adjacent to an activating group) is 1. The Balaban J connectivity index is 1.79. The lowest BCUT2D eigenvalue weighted by atomic mass is 10.0. The van der Waals surface area contributed by atoms with Gasteiger partial charge in [-0.3, -0.25) is 4.90 Å². The second-order valence-corrected chi connectivity index (χ2v) is 10.4. The zero-order valence-corrected chi connectivity index (χ0v) is 21.0. The average molecular weight is 507 g/mol. The topological polar surface area (TPSA) is 126 Å². The molecule has 1 atom stereocenters. The van der Waals surface area contributed by atoms with E-state index < -0.39 is 16.1 Å². The number of carboxylic acid groups (broad SMARTS) is 1. The van der Waals surface area contributed by atoms with Crippen molar-refractivity contribution in [3.63, 3.8) is 0 Å². The number of carbonyl (C=O) groups is 1. The zero-order valence-electron chi connectivity index (χ0n) is 20.2. The van der Waals surface area contributed by atoms with E-state index in [9.17, 15) is 18.3 Å². The van der Waals surface area contributed by atoms with Gasteiger partial charge in [0.2, 0.25) is 10.0 Å². The van der Waals surface area contributed by atoms with Gasteiger partial charge in [-0.15, -0.1) is 0 Å². The number of hydrogen-bond acceptors (Lipinski definition) is 7. The summed E-state index contributed by atoms with van der Waals surface area (Å²) in [5.41, 5.74) is 6.44. The molecule has 3 N–H and O–H groups in total. The van der Waals surface area contributed by atoms with Crippen LogP contribution in [0.3, 0.4) is 0 Å². The van der Waals surface area contributed by atoms with Crippen LogP contribution in [0.4, 0.5) is 4.79 Å². The number of nitrogens with two attached hydrogens (primary N) is 1. The Morgan fingerprint density at radius 1 is 1.06 bits per heavy atom. The second kappa shape index (κ2) is 12.2. The van der Waals surface area contributed by atoms with Crippen molar-refractivity contribution in [2.24, 2.45) is 5.73 Å². The van der Waals surface area contributed by atoms with Crippen LogP contribution >= 0.6 is 0 Å². The van der Waals surface area contributed by atoms with E-state index in [0.717, 1.165) is 11.3 Å². The van der Waals surface area contributed by atoms with Gasteiger partial charge in [0.1, 0.15) is 18.1 Å². The summed E-state index contributed by atoms with van der Waals surface area (Å²) in [4.78, 5) is 14.9. The summed E-state index contributed by atoms with van der Waals surface area (Å²) in [5, 5.41) is 9.23. The molecule has 1 saturated heterocycles. The van der Waals surface area contributed by atoms with Crippen molar-refractivity contribution in [1.29, 1.82) is 0 Å². The fourth-order valence-electron chi connectivity index (χ4n) is 4.01. The second-order valence-electron chi connectivity index (χ2n) is 8.41. The molecule has 1 fully saturated rings. The number of nitrogens with zero attached hydrogens (tertiary/aromatic N) is 3. The van der Waals surface area contributed by atoms with E-state index in [4.69, 9.17) is 15.2 Å². The summed E-state index contributed by atoms with van der Waals surface area (Å²) in [6, 6.07) is 13.5. The molecular formula is C24H34N4O6S. The summed E-state index contributed by atoms with van der Waals surface area (Å²) >= 11 is 0. The van der Waals surface area contributed by atoms with E-state index in [2.05, 4.69) is 4.90 Å². The Kier molecular flexibility index (Phi) is 9.33. The van der Waals surface area contributed by atoms with Crippen LogP contribution in [0.5, 0.6) is 11.5 Å². The zero-order chi connectivity index (χ0) is 25.4. The van der Waals surface area contributed by atoms with Crippen LogP contribution in [-0.2, 0) is 16.4 Å². The molecule has 10 nitrogen and oxygen atoms in total. The van der Waals surface area contributed by atoms with E-state index >= 15 is 0 Å². The lowest BCUT2D eigenvalue weighted by molar-refractivity contribution is 0.0968. The summed E-state index contributed by atoms with van der Waals surface area (Å²) < 4.78 is 39.1. The average Bonchev–Trinajstić information content (AvgIpc) is 2.87. The van der Waals surface area contributed by atoms with E-state index in [1.165, 1.54) is 21.3 Å². The van der Waals surface area contributed by atoms with Crippen molar-refractivity contribution in [2.75, 3.05) is 60.0 Å². The van der Waals surface area contributed by atoms with Crippen LogP contribution in [-0.4, -0.2) is 99.8 Å². The first-order valence-electron chi connectivity index (χ1n) is 11.5. The molecule has 0 bridgehead atoms. The van der Waals surface area contributed by atoms with Crippen LogP contribution < -0.4 is 15.2 Å². The van der Waals surface area contributed by atoms with Gasteiger partial charge < -0.3 is 25.2 Å². The van der Waals surface area contributed by atoms with Gasteiger partial charge >= 0.3 is 6.09 Å². The predicted octanol–water partition coefficient (Wildman–Crippen LogP) is 1.56. The molecule has 0 spiro atoms. The molecule has 35 heavy (non-hydrogen) atoms. The van der Waals surface area contributed by atoms with Crippen LogP contribution in [0, 0.1) is 0 Å². The van der Waals surface area contributed by atoms with Crippen LogP contribution in [0.2, 0.25) is 0 Å². The molecular weight excluding hydrogens is 472 g/mol. The van der Waals surface area contributed by atoms with Gasteiger partial charge in [0.25, 0.3) is 0 Å². The van der Waals surface area contributed by atoms with E-state index in [-0.39, 0.29) is 10.9 Å². The highest BCUT2D eigenvalue weighted by Gasteiger charge is 2.31. The largest absolute Gasteiger partial charge is 0.497 e. The maximum absolute atomic E-state index is 13.5. The third-order valence-electron chi connectivity index (χ3n) is 6.14. The Labute approximate surface area is 206 Å². The summed E-state index contributed by atoms with van der Waals surface area (Å²) in [7, 11) is -0.595. The first kappa shape index (κ1) is 26.7. The minimum atomic E-state index is -3.79. The Morgan fingerprint density at radius 2 is 1.66 bits per heavy atom. The molecule has 0 aliphatic carbocycles. The fraction of sp³-hybridized carbons (Fsp3) is 0.458. The highest BCUT2D eigenvalue weighted by Crippen LogP contribution is 2.23. The highest BCUT2D eigenvalue weighted by atomic mass is 32.2. The SMILES string of the molecule is COc1ccc(C[C@@H](CN2CCN(C(=O)O)CC2)N(C)S(=O)(=O)c2ccc(OCCN)cc2)cc1. The van der Waals surface area contributed by atoms with E-state index in [0.29, 0.717) is 58.0 Å². The molecule has 0 radical (unpaired) electrons. The highest BCUT2D eigenvalue weighted by molar-refractivity contribution is 7.89. The Bertz CT molecular complexity index is 1050. The van der Waals surface area contributed by atoms with Crippen molar-refractivity contribution in [3.05, 3.63) is 54.1 Å². The molecule has 192 valence electrons. The monoisotopic (exact) mass is 506 g/mol. The number of piperazine rings is 1. The number of rotatable bonds is 11. The fourth-order valence-corrected chi connectivity index (χ4v) is 5.35. The number of benzene rings is 2. The number of hydrogen-bond donors (Lipinski definition) is 2. The molecule has 2 aromatic rings. The van der Waals surface area contributed by atoms with E-state index in [1.807, 2.05) is 24.3 Å². The first-order chi connectivity index (χ1) is 16.7. The number of ether oxygens (including phenoxy) is 2. The number of methoxy groups -OCH3 is 1. The van der Waals surface area contributed by atoms with Crippen molar-refractivity contribution in [1.82, 2.24) is 14.1 Å². The number of amides is 1. The van der Waals surface area contributed by atoms with Crippen molar-refractivity contribution in [2.45, 2.75) is 17.4 Å². The van der Waals surface area contributed by atoms with Gasteiger partial charge in [-0.1, -0.05) is 12.1 Å². The molecule has 0 unspecified atom stereocenters. The molecule has 1 amide bonds. The molecule has 2 aromatic carbocycles. The van der Waals surface area contributed by atoms with Crippen LogP contribution in [0.15, 0.2) is 53.4 Å². The predicted molar refractivity (Wildman–Crippen MR) is 132 cm³/mol. The molecule has 0 aromatic heterocycles. The number of sulfonamides is 1. The van der Waals surface area contributed by atoms with Gasteiger partial charge in [0.15, 0.2) is 0 Å². The van der Waals surface area contributed by atoms with Gasteiger partial charge in [-0.05, 0) is 48.4 Å². The van der Waals surface area contributed by atoms with Crippen molar-refractivity contribution >= 4 is 16.1 Å². The summed E-state index contributed by atoms with van der Waals surface area (Å²) in [6.07, 6.45) is -0.436. The molecule has 0 saturated carbocycles. The van der Waals surface area contributed by atoms with Gasteiger partial charge in [-0.2, -0.15) is 4.31 Å². The van der Waals surface area contributed by atoms with Crippen molar-refractivity contribution in [3.8, 4) is 11.5 Å². The Hall–Kier alpha value is -2.86. The summed E-state index contributed by atoms with van der Waals surface area (Å²) in [5.74, 6) is 1.29. The first-order valence-corrected chi connectivity index (χ1v) is 12.9. The maximum Gasteiger partial charge on any atom is 0.407 e. The molecule has 1 aliphatic rings. The van der Waals surface area contributed by atoms with Gasteiger partial charge in [0.05, 0.1) is 12.0 Å². The lowest BCUT2D eigenvalue weighted by Gasteiger charge is -2.37. The van der Waals surface area contributed by atoms with Crippen molar-refractivity contribution < 1.29 is 27.8 Å². The molecule has 3 rings (SSSR count). The van der Waals surface area contributed by atoms with Gasteiger partial charge in [0, 0.05) is 52.4 Å². The molecule has 1 heterocycles. The maximum atomic E-state index is 13.5. The normalized spacial score (nSPS) is 15.7.